The highest BCUT2D eigenvalue weighted by Crippen LogP contribution is 2.24. The molecule has 0 radical (unpaired) electrons. The van der Waals surface area contributed by atoms with Crippen LogP contribution < -0.4 is 11.2 Å². The van der Waals surface area contributed by atoms with Gasteiger partial charge in [-0.3, -0.25) is 4.79 Å². The third-order valence-electron chi connectivity index (χ3n) is 3.49. The van der Waals surface area contributed by atoms with E-state index < -0.39 is 0 Å². The molecule has 3 aromatic rings. The molecule has 0 spiro atoms. The topological polar surface area (TPSA) is 99.0 Å². The molecule has 0 saturated heterocycles. The van der Waals surface area contributed by atoms with Gasteiger partial charge in [0.1, 0.15) is 0 Å². The van der Waals surface area contributed by atoms with Crippen LogP contribution >= 0.6 is 23.4 Å². The highest BCUT2D eigenvalue weighted by molar-refractivity contribution is 7.99. The van der Waals surface area contributed by atoms with Crippen molar-refractivity contribution in [2.75, 3.05) is 11.6 Å². The summed E-state index contributed by atoms with van der Waals surface area (Å²) < 4.78 is 6.55. The number of nitrogens with zero attached hydrogens (tertiary/aromatic N) is 3. The fraction of sp³-hybridized carbons (Fsp3) is 0.188. The predicted octanol–water partition coefficient (Wildman–Crippen LogP) is 2.87. The van der Waals surface area contributed by atoms with E-state index >= 15 is 0 Å². The molecule has 0 fully saturated rings. The lowest BCUT2D eigenvalue weighted by atomic mass is 10.1. The number of nitrogen functional groups attached to an aromatic ring is 1. The molecule has 7 nitrogen and oxygen atoms in total. The smallest absolute Gasteiger partial charge is 0.230 e. The third-order valence-corrected chi connectivity index (χ3v) is 4.77. The van der Waals surface area contributed by atoms with Crippen molar-refractivity contribution in [2.45, 2.75) is 18.1 Å². The number of aromatic nitrogens is 3. The van der Waals surface area contributed by atoms with Crippen molar-refractivity contribution >= 4 is 29.3 Å². The van der Waals surface area contributed by atoms with Crippen molar-refractivity contribution in [3.8, 4) is 11.6 Å². The maximum atomic E-state index is 12.2. The van der Waals surface area contributed by atoms with Gasteiger partial charge in [-0.15, -0.1) is 10.2 Å². The number of carbonyl (C=O) groups is 1. The van der Waals surface area contributed by atoms with Crippen molar-refractivity contribution in [2.24, 2.45) is 0 Å². The van der Waals surface area contributed by atoms with Crippen molar-refractivity contribution in [1.82, 2.24) is 20.2 Å². The molecule has 25 heavy (non-hydrogen) atoms. The molecule has 0 aliphatic carbocycles. The van der Waals surface area contributed by atoms with Crippen LogP contribution in [-0.2, 0) is 4.79 Å². The molecule has 2 aromatic heterocycles. The molecule has 1 atom stereocenters. The van der Waals surface area contributed by atoms with Gasteiger partial charge in [0.2, 0.25) is 16.9 Å². The second-order valence-electron chi connectivity index (χ2n) is 5.25. The second kappa shape index (κ2) is 7.62. The maximum absolute atomic E-state index is 12.2. The summed E-state index contributed by atoms with van der Waals surface area (Å²) in [5.74, 6) is 6.87. The largest absolute Gasteiger partial charge is 0.461 e. The molecule has 9 heteroatoms. The van der Waals surface area contributed by atoms with Crippen LogP contribution in [-0.4, -0.2) is 26.5 Å². The summed E-state index contributed by atoms with van der Waals surface area (Å²) >= 11 is 7.34. The van der Waals surface area contributed by atoms with Gasteiger partial charge >= 0.3 is 0 Å². The first-order valence-corrected chi connectivity index (χ1v) is 8.83. The monoisotopic (exact) mass is 377 g/mol. The minimum Gasteiger partial charge on any atom is -0.461 e. The van der Waals surface area contributed by atoms with Crippen LogP contribution in [0.1, 0.15) is 18.5 Å². The SMILES string of the molecule is C[C@H](NC(=O)CSc1nnc(-c2ccco2)n1N)c1ccccc1Cl. The molecule has 0 bridgehead atoms. The molecular formula is C16H16ClN5O2S. The zero-order chi connectivity index (χ0) is 17.8. The van der Waals surface area contributed by atoms with E-state index in [1.807, 2.05) is 25.1 Å². The van der Waals surface area contributed by atoms with Crippen LogP contribution in [0.3, 0.4) is 0 Å². The molecule has 2 heterocycles. The Morgan fingerprint density at radius 2 is 2.16 bits per heavy atom. The quantitative estimate of drug-likeness (QED) is 0.506. The molecule has 3 N–H and O–H groups in total. The van der Waals surface area contributed by atoms with E-state index in [9.17, 15) is 4.79 Å². The Hall–Kier alpha value is -2.45. The lowest BCUT2D eigenvalue weighted by Crippen LogP contribution is -2.28. The van der Waals surface area contributed by atoms with Gasteiger partial charge in [-0.2, -0.15) is 0 Å². The fourth-order valence-electron chi connectivity index (χ4n) is 2.27. The van der Waals surface area contributed by atoms with Gasteiger partial charge in [0.15, 0.2) is 5.76 Å². The average Bonchev–Trinajstić information content (AvgIpc) is 3.23. The maximum Gasteiger partial charge on any atom is 0.230 e. The minimum absolute atomic E-state index is 0.153. The molecule has 0 saturated carbocycles. The first kappa shape index (κ1) is 17.4. The van der Waals surface area contributed by atoms with Crippen molar-refractivity contribution in [1.29, 1.82) is 0 Å². The summed E-state index contributed by atoms with van der Waals surface area (Å²) in [4.78, 5) is 12.2. The summed E-state index contributed by atoms with van der Waals surface area (Å²) in [7, 11) is 0. The van der Waals surface area contributed by atoms with Crippen molar-refractivity contribution < 1.29 is 9.21 Å². The molecule has 0 unspecified atom stereocenters. The van der Waals surface area contributed by atoms with Crippen molar-refractivity contribution in [3.05, 3.63) is 53.2 Å². The van der Waals surface area contributed by atoms with Gasteiger partial charge in [0, 0.05) is 5.02 Å². The highest BCUT2D eigenvalue weighted by atomic mass is 35.5. The number of rotatable bonds is 6. The first-order valence-electron chi connectivity index (χ1n) is 7.47. The number of hydrogen-bond donors (Lipinski definition) is 2. The number of benzene rings is 1. The summed E-state index contributed by atoms with van der Waals surface area (Å²) in [5.41, 5.74) is 0.865. The van der Waals surface area contributed by atoms with E-state index in [1.54, 1.807) is 18.2 Å². The van der Waals surface area contributed by atoms with Crippen LogP contribution in [0.2, 0.25) is 5.02 Å². The van der Waals surface area contributed by atoms with Gasteiger partial charge in [-0.1, -0.05) is 41.6 Å². The fourth-order valence-corrected chi connectivity index (χ4v) is 3.23. The van der Waals surface area contributed by atoms with Crippen molar-refractivity contribution in [3.63, 3.8) is 0 Å². The minimum atomic E-state index is -0.198. The second-order valence-corrected chi connectivity index (χ2v) is 6.60. The Labute approximate surface area is 153 Å². The summed E-state index contributed by atoms with van der Waals surface area (Å²) in [6.45, 7) is 1.88. The highest BCUT2D eigenvalue weighted by Gasteiger charge is 2.17. The van der Waals surface area contributed by atoms with E-state index in [-0.39, 0.29) is 17.7 Å². The van der Waals surface area contributed by atoms with Crippen LogP contribution in [0.25, 0.3) is 11.6 Å². The average molecular weight is 378 g/mol. The number of nitrogens with one attached hydrogen (secondary N) is 1. The number of halogens is 1. The Morgan fingerprint density at radius 3 is 2.88 bits per heavy atom. The lowest BCUT2D eigenvalue weighted by Gasteiger charge is -2.15. The van der Waals surface area contributed by atoms with Gasteiger partial charge in [0.05, 0.1) is 18.1 Å². The Morgan fingerprint density at radius 1 is 1.36 bits per heavy atom. The zero-order valence-electron chi connectivity index (χ0n) is 13.3. The number of nitrogens with two attached hydrogens (primary N) is 1. The van der Waals surface area contributed by atoms with Gasteiger partial charge in [-0.05, 0) is 30.7 Å². The predicted molar refractivity (Wildman–Crippen MR) is 96.6 cm³/mol. The number of furan rings is 1. The van der Waals surface area contributed by atoms with E-state index in [1.165, 1.54) is 22.7 Å². The van der Waals surface area contributed by atoms with E-state index in [0.29, 0.717) is 21.8 Å². The lowest BCUT2D eigenvalue weighted by molar-refractivity contribution is -0.119. The Bertz CT molecular complexity index is 865. The number of hydrogen-bond acceptors (Lipinski definition) is 6. The van der Waals surface area contributed by atoms with E-state index in [0.717, 1.165) is 5.56 Å². The normalized spacial score (nSPS) is 12.1. The standard InChI is InChI=1S/C16H16ClN5O2S/c1-10(11-5-2-3-6-12(11)17)19-14(23)9-25-16-21-20-15(22(16)18)13-7-4-8-24-13/h2-8,10H,9,18H2,1H3,(H,19,23)/t10-/m0/s1. The molecular weight excluding hydrogens is 362 g/mol. The summed E-state index contributed by atoms with van der Waals surface area (Å²) in [6.07, 6.45) is 1.53. The van der Waals surface area contributed by atoms with Crippen LogP contribution in [0.15, 0.2) is 52.2 Å². The zero-order valence-corrected chi connectivity index (χ0v) is 14.9. The molecule has 1 aromatic carbocycles. The Kier molecular flexibility index (Phi) is 5.30. The van der Waals surface area contributed by atoms with Gasteiger partial charge in [0.25, 0.3) is 0 Å². The Balaban J connectivity index is 1.59. The third kappa shape index (κ3) is 3.97. The molecule has 130 valence electrons. The summed E-state index contributed by atoms with van der Waals surface area (Å²) in [5, 5.41) is 11.9. The van der Waals surface area contributed by atoms with Crippen LogP contribution in [0.4, 0.5) is 0 Å². The first-order chi connectivity index (χ1) is 12.1. The summed E-state index contributed by atoms with van der Waals surface area (Å²) in [6, 6.07) is 10.7. The van der Waals surface area contributed by atoms with Crippen LogP contribution in [0.5, 0.6) is 0 Å². The molecule has 3 rings (SSSR count). The number of thioether (sulfide) groups is 1. The van der Waals surface area contributed by atoms with Crippen LogP contribution in [0, 0.1) is 0 Å². The van der Waals surface area contributed by atoms with Gasteiger partial charge < -0.3 is 15.6 Å². The molecule has 0 aliphatic heterocycles. The van der Waals surface area contributed by atoms with E-state index in [2.05, 4.69) is 15.5 Å². The number of amides is 1. The van der Waals surface area contributed by atoms with E-state index in [4.69, 9.17) is 21.9 Å². The van der Waals surface area contributed by atoms with Gasteiger partial charge in [-0.25, -0.2) is 4.68 Å². The molecule has 1 amide bonds. The molecule has 0 aliphatic rings. The number of carbonyl (C=O) groups excluding carboxylic acids is 1.